The van der Waals surface area contributed by atoms with E-state index in [0.29, 0.717) is 52.7 Å². The summed E-state index contributed by atoms with van der Waals surface area (Å²) in [7, 11) is 0. The molecule has 4 aromatic rings. The smallest absolute Gasteiger partial charge is 0.338 e. The molecule has 0 fully saturated rings. The number of hydrogen-bond donors (Lipinski definition) is 0. The number of furan rings is 1. The van der Waals surface area contributed by atoms with Gasteiger partial charge in [0.2, 0.25) is 0 Å². The van der Waals surface area contributed by atoms with E-state index in [1.165, 1.54) is 15.9 Å². The Kier molecular flexibility index (Phi) is 7.14. The lowest BCUT2D eigenvalue weighted by atomic mass is 9.96. The van der Waals surface area contributed by atoms with Crippen molar-refractivity contribution in [2.45, 2.75) is 19.9 Å². The van der Waals surface area contributed by atoms with Crippen LogP contribution in [0.25, 0.3) is 17.4 Å². The first-order valence-corrected chi connectivity index (χ1v) is 13.2. The Morgan fingerprint density at radius 2 is 1.92 bits per heavy atom. The third-order valence-corrected chi connectivity index (χ3v) is 7.70. The molecule has 0 spiro atoms. The van der Waals surface area contributed by atoms with Crippen molar-refractivity contribution in [2.75, 3.05) is 6.61 Å². The topological polar surface area (TPSA) is 73.8 Å². The number of rotatable bonds is 5. The molecular formula is C27H19Cl3N2O4S. The van der Waals surface area contributed by atoms with Crippen LogP contribution in [0.15, 0.2) is 80.1 Å². The number of allylic oxidation sites excluding steroid dienone is 1. The van der Waals surface area contributed by atoms with Gasteiger partial charge in [-0.3, -0.25) is 9.36 Å². The summed E-state index contributed by atoms with van der Waals surface area (Å²) in [6.07, 6.45) is 1.64. The number of aromatic nitrogens is 1. The zero-order valence-electron chi connectivity index (χ0n) is 19.6. The number of thiazole rings is 1. The van der Waals surface area contributed by atoms with Gasteiger partial charge in [-0.2, -0.15) is 0 Å². The predicted octanol–water partition coefficient (Wildman–Crippen LogP) is 6.02. The Morgan fingerprint density at radius 1 is 1.14 bits per heavy atom. The van der Waals surface area contributed by atoms with Gasteiger partial charge in [-0.15, -0.1) is 0 Å². The van der Waals surface area contributed by atoms with Gasteiger partial charge < -0.3 is 9.15 Å². The van der Waals surface area contributed by atoms with E-state index in [-0.39, 0.29) is 17.7 Å². The Labute approximate surface area is 230 Å². The Bertz CT molecular complexity index is 1750. The van der Waals surface area contributed by atoms with Crippen LogP contribution in [0.2, 0.25) is 15.1 Å². The lowest BCUT2D eigenvalue weighted by Crippen LogP contribution is -2.40. The number of fused-ring (bicyclic) bond motifs is 1. The predicted molar refractivity (Wildman–Crippen MR) is 146 cm³/mol. The van der Waals surface area contributed by atoms with Gasteiger partial charge in [0.05, 0.1) is 27.4 Å². The van der Waals surface area contributed by atoms with Crippen molar-refractivity contribution in [1.29, 1.82) is 0 Å². The average molecular weight is 574 g/mol. The summed E-state index contributed by atoms with van der Waals surface area (Å²) >= 11 is 20.2. The van der Waals surface area contributed by atoms with Crippen LogP contribution in [0.3, 0.4) is 0 Å². The van der Waals surface area contributed by atoms with Gasteiger partial charge in [0, 0.05) is 21.7 Å². The van der Waals surface area contributed by atoms with Crippen LogP contribution in [0.4, 0.5) is 0 Å². The van der Waals surface area contributed by atoms with Gasteiger partial charge in [0.25, 0.3) is 5.56 Å². The maximum Gasteiger partial charge on any atom is 0.338 e. The summed E-state index contributed by atoms with van der Waals surface area (Å²) in [6.45, 7) is 3.63. The highest BCUT2D eigenvalue weighted by atomic mass is 35.5. The third-order valence-electron chi connectivity index (χ3n) is 5.81. The minimum absolute atomic E-state index is 0.187. The number of hydrogen-bond acceptors (Lipinski definition) is 6. The van der Waals surface area contributed by atoms with E-state index in [1.54, 1.807) is 74.5 Å². The monoisotopic (exact) mass is 572 g/mol. The SMILES string of the molecule is CCOC(=O)C1=C(C)N=c2s/c(=C\c3ccc(-c4cc(Cl)ccc4Cl)o3)c(=O)n2[C@H]1c1ccccc1Cl. The molecule has 0 N–H and O–H groups in total. The van der Waals surface area contributed by atoms with E-state index < -0.39 is 12.0 Å². The molecule has 37 heavy (non-hydrogen) atoms. The summed E-state index contributed by atoms with van der Waals surface area (Å²) in [6, 6.07) is 14.9. The van der Waals surface area contributed by atoms with Crippen LogP contribution in [0.1, 0.15) is 31.2 Å². The molecule has 2 aromatic carbocycles. The van der Waals surface area contributed by atoms with Crippen LogP contribution in [0, 0.1) is 0 Å². The van der Waals surface area contributed by atoms with Crippen LogP contribution in [0.5, 0.6) is 0 Å². The Hall–Kier alpha value is -3.10. The molecule has 188 valence electrons. The number of ether oxygens (including phenoxy) is 1. The minimum Gasteiger partial charge on any atom is -0.463 e. The zero-order chi connectivity index (χ0) is 26.3. The second-order valence-electron chi connectivity index (χ2n) is 8.15. The highest BCUT2D eigenvalue weighted by Crippen LogP contribution is 2.35. The normalized spacial score (nSPS) is 15.5. The molecule has 1 aliphatic heterocycles. The zero-order valence-corrected chi connectivity index (χ0v) is 22.7. The quantitative estimate of drug-likeness (QED) is 0.274. The fraction of sp³-hybridized carbons (Fsp3) is 0.148. The first-order valence-electron chi connectivity index (χ1n) is 11.3. The van der Waals surface area contributed by atoms with Crippen molar-refractivity contribution in [1.82, 2.24) is 4.57 Å². The van der Waals surface area contributed by atoms with E-state index in [0.717, 1.165) is 0 Å². The van der Waals surface area contributed by atoms with Crippen molar-refractivity contribution < 1.29 is 13.9 Å². The van der Waals surface area contributed by atoms with Crippen LogP contribution < -0.4 is 14.9 Å². The molecule has 0 saturated carbocycles. The number of nitrogens with zero attached hydrogens (tertiary/aromatic N) is 2. The number of halogens is 3. The molecular weight excluding hydrogens is 555 g/mol. The molecule has 0 radical (unpaired) electrons. The summed E-state index contributed by atoms with van der Waals surface area (Å²) in [4.78, 5) is 31.7. The maximum atomic E-state index is 13.7. The summed E-state index contributed by atoms with van der Waals surface area (Å²) in [5, 5.41) is 1.44. The van der Waals surface area contributed by atoms with E-state index in [1.807, 2.05) is 0 Å². The van der Waals surface area contributed by atoms with Gasteiger partial charge in [0.15, 0.2) is 4.80 Å². The second-order valence-corrected chi connectivity index (χ2v) is 10.4. The first-order chi connectivity index (χ1) is 17.8. The Morgan fingerprint density at radius 3 is 2.68 bits per heavy atom. The van der Waals surface area contributed by atoms with Crippen molar-refractivity contribution in [3.63, 3.8) is 0 Å². The standard InChI is InChI=1S/C27H19Cl3N2O4S/c1-3-35-26(34)23-14(2)31-27-32(24(23)17-6-4-5-7-19(17)29)25(33)22(37-27)13-16-9-11-21(36-16)18-12-15(28)8-10-20(18)30/h4-13,24H,3H2,1-2H3/b22-13-/t24-/m0/s1. The number of esters is 1. The number of carbonyl (C=O) groups is 1. The average Bonchev–Trinajstić information content (AvgIpc) is 3.45. The maximum absolute atomic E-state index is 13.7. The van der Waals surface area contributed by atoms with Gasteiger partial charge in [-0.25, -0.2) is 9.79 Å². The molecule has 10 heteroatoms. The van der Waals surface area contributed by atoms with E-state index in [9.17, 15) is 9.59 Å². The van der Waals surface area contributed by atoms with Crippen LogP contribution in [-0.2, 0) is 9.53 Å². The molecule has 6 nitrogen and oxygen atoms in total. The van der Waals surface area contributed by atoms with Crippen molar-refractivity contribution in [2.24, 2.45) is 4.99 Å². The van der Waals surface area contributed by atoms with Gasteiger partial charge >= 0.3 is 5.97 Å². The molecule has 1 atom stereocenters. The van der Waals surface area contributed by atoms with Gasteiger partial charge in [0.1, 0.15) is 17.6 Å². The Balaban J connectivity index is 1.66. The van der Waals surface area contributed by atoms with E-state index in [4.69, 9.17) is 44.0 Å². The first kappa shape index (κ1) is 25.5. The fourth-order valence-corrected chi connectivity index (χ4v) is 5.82. The van der Waals surface area contributed by atoms with Gasteiger partial charge in [-0.05, 0) is 55.8 Å². The van der Waals surface area contributed by atoms with Crippen molar-refractivity contribution in [3.8, 4) is 11.3 Å². The fourth-order valence-electron chi connectivity index (χ4n) is 4.17. The summed E-state index contributed by atoms with van der Waals surface area (Å²) in [5.41, 5.74) is 1.65. The molecule has 0 unspecified atom stereocenters. The summed E-state index contributed by atoms with van der Waals surface area (Å²) < 4.78 is 13.1. The molecule has 0 amide bonds. The summed E-state index contributed by atoms with van der Waals surface area (Å²) in [5.74, 6) is 0.421. The highest BCUT2D eigenvalue weighted by Gasteiger charge is 2.34. The molecule has 1 aliphatic rings. The van der Waals surface area contributed by atoms with Crippen molar-refractivity contribution >= 4 is 58.2 Å². The third kappa shape index (κ3) is 4.80. The number of benzene rings is 2. The highest BCUT2D eigenvalue weighted by molar-refractivity contribution is 7.07. The second kappa shape index (κ2) is 10.3. The van der Waals surface area contributed by atoms with Gasteiger partial charge in [-0.1, -0.05) is 64.3 Å². The lowest BCUT2D eigenvalue weighted by molar-refractivity contribution is -0.139. The lowest BCUT2D eigenvalue weighted by Gasteiger charge is -2.25. The minimum atomic E-state index is -0.788. The number of carbonyl (C=O) groups excluding carboxylic acids is 1. The molecule has 3 heterocycles. The van der Waals surface area contributed by atoms with E-state index in [2.05, 4.69) is 4.99 Å². The molecule has 0 saturated heterocycles. The van der Waals surface area contributed by atoms with E-state index >= 15 is 0 Å². The molecule has 2 aromatic heterocycles. The van der Waals surface area contributed by atoms with Crippen LogP contribution >= 0.6 is 46.1 Å². The molecule has 0 bridgehead atoms. The molecule has 0 aliphatic carbocycles. The van der Waals surface area contributed by atoms with Crippen LogP contribution in [-0.4, -0.2) is 17.1 Å². The largest absolute Gasteiger partial charge is 0.463 e. The van der Waals surface area contributed by atoms with Crippen molar-refractivity contribution in [3.05, 3.63) is 112 Å². The molecule has 5 rings (SSSR count).